The summed E-state index contributed by atoms with van der Waals surface area (Å²) in [7, 11) is 3.03. The van der Waals surface area contributed by atoms with Crippen LogP contribution >= 0.6 is 0 Å². The van der Waals surface area contributed by atoms with Gasteiger partial charge in [-0.15, -0.1) is 0 Å². The van der Waals surface area contributed by atoms with Gasteiger partial charge in [-0.05, 0) is 46.7 Å². The molecule has 0 spiro atoms. The highest BCUT2D eigenvalue weighted by molar-refractivity contribution is 5.85. The van der Waals surface area contributed by atoms with Gasteiger partial charge >= 0.3 is 5.97 Å². The average molecular weight is 348 g/mol. The molecular formula is C17H30F2N2O3. The Bertz CT molecular complexity index is 416. The molecule has 5 nitrogen and oxygen atoms in total. The molecule has 1 saturated carbocycles. The molecule has 0 aromatic heterocycles. The van der Waals surface area contributed by atoms with Crippen molar-refractivity contribution >= 4 is 11.9 Å². The Labute approximate surface area is 143 Å². The molecule has 1 aliphatic rings. The van der Waals surface area contributed by atoms with Crippen molar-refractivity contribution in [2.75, 3.05) is 20.7 Å². The van der Waals surface area contributed by atoms with Crippen LogP contribution in [0.25, 0.3) is 0 Å². The standard InChI is InChI=1S/C17H30F2N2O3/c1-5-24-15(23)14(12-9-7-6-8-10-12)20-13(22)11-17(2,16(18)19)21(3)4/h12,14,16H,5-11H2,1-4H3,(H,20,22). The lowest BCUT2D eigenvalue weighted by molar-refractivity contribution is -0.150. The Morgan fingerprint density at radius 2 is 1.83 bits per heavy atom. The van der Waals surface area contributed by atoms with E-state index in [1.807, 2.05) is 0 Å². The molecule has 1 fully saturated rings. The third-order valence-corrected chi connectivity index (χ3v) is 4.99. The van der Waals surface area contributed by atoms with Crippen LogP contribution in [0.15, 0.2) is 0 Å². The topological polar surface area (TPSA) is 58.6 Å². The van der Waals surface area contributed by atoms with E-state index in [9.17, 15) is 18.4 Å². The van der Waals surface area contributed by atoms with Crippen molar-refractivity contribution < 1.29 is 23.1 Å². The Balaban J connectivity index is 2.81. The molecule has 1 N–H and O–H groups in total. The fourth-order valence-electron chi connectivity index (χ4n) is 3.05. The highest BCUT2D eigenvalue weighted by Gasteiger charge is 2.41. The Hall–Kier alpha value is -1.24. The zero-order chi connectivity index (χ0) is 18.3. The van der Waals surface area contributed by atoms with E-state index in [2.05, 4.69) is 5.32 Å². The van der Waals surface area contributed by atoms with Gasteiger partial charge in [-0.25, -0.2) is 13.6 Å². The fourth-order valence-corrected chi connectivity index (χ4v) is 3.05. The minimum Gasteiger partial charge on any atom is -0.464 e. The number of hydrogen-bond donors (Lipinski definition) is 1. The van der Waals surface area contributed by atoms with Gasteiger partial charge in [-0.3, -0.25) is 9.69 Å². The zero-order valence-corrected chi connectivity index (χ0v) is 15.1. The van der Waals surface area contributed by atoms with Crippen LogP contribution in [0, 0.1) is 5.92 Å². The molecule has 0 radical (unpaired) electrons. The predicted molar refractivity (Wildman–Crippen MR) is 87.9 cm³/mol. The monoisotopic (exact) mass is 348 g/mol. The maximum absolute atomic E-state index is 13.4. The van der Waals surface area contributed by atoms with E-state index in [-0.39, 0.29) is 18.9 Å². The first-order chi connectivity index (χ1) is 11.2. The normalized spacial score (nSPS) is 19.8. The zero-order valence-electron chi connectivity index (χ0n) is 15.1. The van der Waals surface area contributed by atoms with E-state index in [0.29, 0.717) is 0 Å². The van der Waals surface area contributed by atoms with E-state index in [4.69, 9.17) is 4.74 Å². The van der Waals surface area contributed by atoms with Crippen LogP contribution in [0.1, 0.15) is 52.4 Å². The van der Waals surface area contributed by atoms with Crippen LogP contribution in [0.4, 0.5) is 8.78 Å². The molecule has 0 heterocycles. The molecule has 0 bridgehead atoms. The Morgan fingerprint density at radius 3 is 2.29 bits per heavy atom. The molecule has 0 saturated heterocycles. The lowest BCUT2D eigenvalue weighted by Gasteiger charge is -2.36. The van der Waals surface area contributed by atoms with E-state index < -0.39 is 29.9 Å². The predicted octanol–water partition coefficient (Wildman–Crippen LogP) is 2.59. The van der Waals surface area contributed by atoms with Gasteiger partial charge in [-0.1, -0.05) is 19.3 Å². The molecule has 1 rings (SSSR count). The molecule has 2 atom stereocenters. The summed E-state index contributed by atoms with van der Waals surface area (Å²) >= 11 is 0. The lowest BCUT2D eigenvalue weighted by Crippen LogP contribution is -2.54. The van der Waals surface area contributed by atoms with Crippen LogP contribution in [0.3, 0.4) is 0 Å². The lowest BCUT2D eigenvalue weighted by atomic mass is 9.83. The molecule has 0 aromatic rings. The third-order valence-electron chi connectivity index (χ3n) is 4.99. The van der Waals surface area contributed by atoms with Gasteiger partial charge in [0.25, 0.3) is 6.43 Å². The minimum atomic E-state index is -2.67. The van der Waals surface area contributed by atoms with Gasteiger partial charge in [0, 0.05) is 0 Å². The number of nitrogens with one attached hydrogen (secondary N) is 1. The highest BCUT2D eigenvalue weighted by Crippen LogP contribution is 2.28. The number of hydrogen-bond acceptors (Lipinski definition) is 4. The summed E-state index contributed by atoms with van der Waals surface area (Å²) in [5.41, 5.74) is -1.57. The Kier molecular flexibility index (Phi) is 8.06. The van der Waals surface area contributed by atoms with Crippen LogP contribution in [-0.4, -0.2) is 55.5 Å². The van der Waals surface area contributed by atoms with Crippen molar-refractivity contribution in [1.29, 1.82) is 0 Å². The summed E-state index contributed by atoms with van der Waals surface area (Å²) < 4.78 is 31.8. The molecule has 0 aliphatic heterocycles. The van der Waals surface area contributed by atoms with Crippen LogP contribution < -0.4 is 5.32 Å². The van der Waals surface area contributed by atoms with Gasteiger partial charge in [-0.2, -0.15) is 0 Å². The van der Waals surface area contributed by atoms with E-state index in [1.54, 1.807) is 6.92 Å². The minimum absolute atomic E-state index is 0.0129. The summed E-state index contributed by atoms with van der Waals surface area (Å²) in [4.78, 5) is 25.9. The second kappa shape index (κ2) is 9.30. The second-order valence-corrected chi connectivity index (χ2v) is 6.92. The number of carbonyl (C=O) groups excluding carboxylic acids is 2. The molecular weight excluding hydrogens is 318 g/mol. The van der Waals surface area contributed by atoms with Crippen molar-refractivity contribution in [2.24, 2.45) is 5.92 Å². The summed E-state index contributed by atoms with van der Waals surface area (Å²) in [6.45, 7) is 3.28. The Morgan fingerprint density at radius 1 is 1.25 bits per heavy atom. The number of nitrogens with zero attached hydrogens (tertiary/aromatic N) is 1. The van der Waals surface area contributed by atoms with Gasteiger partial charge in [0.15, 0.2) is 0 Å². The summed E-state index contributed by atoms with van der Waals surface area (Å²) in [5, 5.41) is 2.66. The molecule has 140 valence electrons. The number of carbonyl (C=O) groups is 2. The highest BCUT2D eigenvalue weighted by atomic mass is 19.3. The van der Waals surface area contributed by atoms with Crippen molar-refractivity contribution in [3.63, 3.8) is 0 Å². The van der Waals surface area contributed by atoms with Crippen molar-refractivity contribution in [2.45, 2.75) is 70.4 Å². The quantitative estimate of drug-likeness (QED) is 0.685. The SMILES string of the molecule is CCOC(=O)C(NC(=O)CC(C)(C(F)F)N(C)C)C1CCCCC1. The smallest absolute Gasteiger partial charge is 0.328 e. The number of amides is 1. The van der Waals surface area contributed by atoms with Crippen molar-refractivity contribution in [3.05, 3.63) is 0 Å². The molecule has 1 amide bonds. The summed E-state index contributed by atoms with van der Waals surface area (Å²) in [6, 6.07) is -0.748. The van der Waals surface area contributed by atoms with E-state index in [1.165, 1.54) is 25.9 Å². The van der Waals surface area contributed by atoms with Gasteiger partial charge in [0.2, 0.25) is 5.91 Å². The van der Waals surface area contributed by atoms with E-state index >= 15 is 0 Å². The van der Waals surface area contributed by atoms with Crippen molar-refractivity contribution in [1.82, 2.24) is 10.2 Å². The number of ether oxygens (including phenoxy) is 1. The fraction of sp³-hybridized carbons (Fsp3) is 0.882. The van der Waals surface area contributed by atoms with Gasteiger partial charge < -0.3 is 10.1 Å². The molecule has 24 heavy (non-hydrogen) atoms. The molecule has 2 unspecified atom stereocenters. The number of alkyl halides is 2. The average Bonchev–Trinajstić information content (AvgIpc) is 2.53. The number of rotatable bonds is 8. The third kappa shape index (κ3) is 5.40. The molecule has 0 aromatic carbocycles. The van der Waals surface area contributed by atoms with Gasteiger partial charge in [0.05, 0.1) is 18.6 Å². The van der Waals surface area contributed by atoms with Gasteiger partial charge in [0.1, 0.15) is 6.04 Å². The summed E-state index contributed by atoms with van der Waals surface area (Å²) in [6.07, 6.45) is 1.75. The number of esters is 1. The first-order valence-electron chi connectivity index (χ1n) is 8.64. The van der Waals surface area contributed by atoms with Crippen LogP contribution in [0.2, 0.25) is 0 Å². The first-order valence-corrected chi connectivity index (χ1v) is 8.64. The first kappa shape index (κ1) is 20.8. The number of halogens is 2. The molecule has 1 aliphatic carbocycles. The van der Waals surface area contributed by atoms with Crippen LogP contribution in [0.5, 0.6) is 0 Å². The maximum Gasteiger partial charge on any atom is 0.328 e. The summed E-state index contributed by atoms with van der Waals surface area (Å²) in [5.74, 6) is -1.00. The van der Waals surface area contributed by atoms with Crippen molar-refractivity contribution in [3.8, 4) is 0 Å². The second-order valence-electron chi connectivity index (χ2n) is 6.92. The maximum atomic E-state index is 13.4. The molecule has 7 heteroatoms. The van der Waals surface area contributed by atoms with E-state index in [0.717, 1.165) is 32.1 Å². The van der Waals surface area contributed by atoms with Crippen LogP contribution in [-0.2, 0) is 14.3 Å². The largest absolute Gasteiger partial charge is 0.464 e.